The average molecular weight is 328 g/mol. The Labute approximate surface area is 118 Å². The van der Waals surface area contributed by atoms with E-state index in [1.807, 2.05) is 6.92 Å². The van der Waals surface area contributed by atoms with Gasteiger partial charge in [0.1, 0.15) is 11.6 Å². The summed E-state index contributed by atoms with van der Waals surface area (Å²) in [5.74, 6) is -0.938. The fourth-order valence-electron chi connectivity index (χ4n) is 1.56. The highest BCUT2D eigenvalue weighted by molar-refractivity contribution is 9.10. The Balaban J connectivity index is 2.31. The summed E-state index contributed by atoms with van der Waals surface area (Å²) in [6.07, 6.45) is 0. The quantitative estimate of drug-likeness (QED) is 0.898. The van der Waals surface area contributed by atoms with Crippen molar-refractivity contribution in [2.24, 2.45) is 5.73 Å². The molecule has 2 aromatic rings. The lowest BCUT2D eigenvalue weighted by Gasteiger charge is -2.11. The van der Waals surface area contributed by atoms with Crippen LogP contribution in [0.2, 0.25) is 0 Å². The topological polar surface area (TPSA) is 35.2 Å². The summed E-state index contributed by atoms with van der Waals surface area (Å²) < 4.78 is 32.5. The summed E-state index contributed by atoms with van der Waals surface area (Å²) in [5.41, 5.74) is 6.67. The van der Waals surface area contributed by atoms with Crippen molar-refractivity contribution < 1.29 is 13.5 Å². The molecule has 0 spiro atoms. The van der Waals surface area contributed by atoms with E-state index in [2.05, 4.69) is 15.9 Å². The van der Waals surface area contributed by atoms with Crippen LogP contribution in [-0.4, -0.2) is 0 Å². The Morgan fingerprint density at radius 1 is 1.11 bits per heavy atom. The Bertz CT molecular complexity index is 602. The highest BCUT2D eigenvalue weighted by Crippen LogP contribution is 2.33. The minimum Gasteiger partial charge on any atom is -0.453 e. The lowest BCUT2D eigenvalue weighted by molar-refractivity contribution is 0.434. The third-order valence-electron chi connectivity index (χ3n) is 2.59. The van der Waals surface area contributed by atoms with Crippen LogP contribution in [0.4, 0.5) is 8.78 Å². The molecular weight excluding hydrogens is 316 g/mol. The molecule has 19 heavy (non-hydrogen) atoms. The fourth-order valence-corrected chi connectivity index (χ4v) is 2.03. The zero-order valence-electron chi connectivity index (χ0n) is 10.2. The molecule has 2 aromatic carbocycles. The molecule has 0 unspecified atom stereocenters. The maximum absolute atomic E-state index is 13.5. The number of hydrogen-bond acceptors (Lipinski definition) is 2. The van der Waals surface area contributed by atoms with Gasteiger partial charge < -0.3 is 10.5 Å². The van der Waals surface area contributed by atoms with Crippen LogP contribution in [0.3, 0.4) is 0 Å². The Morgan fingerprint density at radius 3 is 2.47 bits per heavy atom. The molecule has 0 saturated carbocycles. The van der Waals surface area contributed by atoms with Gasteiger partial charge in [0.05, 0.1) is 4.47 Å². The van der Waals surface area contributed by atoms with E-state index < -0.39 is 11.6 Å². The summed E-state index contributed by atoms with van der Waals surface area (Å²) in [4.78, 5) is 0. The van der Waals surface area contributed by atoms with E-state index in [1.165, 1.54) is 0 Å². The Kier molecular flexibility index (Phi) is 4.17. The normalized spacial score (nSPS) is 12.3. The molecule has 0 radical (unpaired) electrons. The van der Waals surface area contributed by atoms with E-state index in [0.717, 1.165) is 23.8 Å². The summed E-state index contributed by atoms with van der Waals surface area (Å²) in [7, 11) is 0. The predicted molar refractivity (Wildman–Crippen MR) is 73.2 cm³/mol. The van der Waals surface area contributed by atoms with E-state index in [1.54, 1.807) is 18.2 Å². The van der Waals surface area contributed by atoms with Gasteiger partial charge in [0, 0.05) is 12.1 Å². The standard InChI is InChI=1S/C14H12BrF2NO/c1-8(18)9-2-5-13(11(15)6-9)19-14-7-10(16)3-4-12(14)17/h2-8H,18H2,1H3/t8-/m0/s1. The van der Waals surface area contributed by atoms with E-state index in [9.17, 15) is 8.78 Å². The van der Waals surface area contributed by atoms with Gasteiger partial charge in [0.15, 0.2) is 11.6 Å². The first-order chi connectivity index (χ1) is 8.97. The number of halogens is 3. The Hall–Kier alpha value is -1.46. The first-order valence-corrected chi connectivity index (χ1v) is 6.44. The van der Waals surface area contributed by atoms with Gasteiger partial charge >= 0.3 is 0 Å². The van der Waals surface area contributed by atoms with Crippen molar-refractivity contribution in [3.8, 4) is 11.5 Å². The van der Waals surface area contributed by atoms with Crippen LogP contribution in [0.5, 0.6) is 11.5 Å². The molecule has 2 rings (SSSR count). The van der Waals surface area contributed by atoms with Gasteiger partial charge in [-0.25, -0.2) is 8.78 Å². The number of nitrogens with two attached hydrogens (primary N) is 1. The van der Waals surface area contributed by atoms with E-state index in [4.69, 9.17) is 10.5 Å². The van der Waals surface area contributed by atoms with Crippen molar-refractivity contribution >= 4 is 15.9 Å². The summed E-state index contributed by atoms with van der Waals surface area (Å²) >= 11 is 3.32. The van der Waals surface area contributed by atoms with Crippen molar-refractivity contribution in [3.05, 3.63) is 58.1 Å². The molecule has 0 aliphatic rings. The second kappa shape index (κ2) is 5.67. The lowest BCUT2D eigenvalue weighted by atomic mass is 10.1. The van der Waals surface area contributed by atoms with E-state index in [0.29, 0.717) is 10.2 Å². The zero-order chi connectivity index (χ0) is 14.0. The fraction of sp³-hybridized carbons (Fsp3) is 0.143. The minimum absolute atomic E-state index is 0.115. The van der Waals surface area contributed by atoms with Crippen LogP contribution >= 0.6 is 15.9 Å². The monoisotopic (exact) mass is 327 g/mol. The molecule has 2 nitrogen and oxygen atoms in total. The molecule has 0 amide bonds. The second-order valence-corrected chi connectivity index (χ2v) is 5.01. The number of rotatable bonds is 3. The van der Waals surface area contributed by atoms with Gasteiger partial charge in [-0.3, -0.25) is 0 Å². The van der Waals surface area contributed by atoms with Crippen LogP contribution < -0.4 is 10.5 Å². The highest BCUT2D eigenvalue weighted by atomic mass is 79.9. The molecule has 5 heteroatoms. The zero-order valence-corrected chi connectivity index (χ0v) is 11.7. The number of benzene rings is 2. The lowest BCUT2D eigenvalue weighted by Crippen LogP contribution is -2.04. The van der Waals surface area contributed by atoms with Crippen molar-refractivity contribution in [1.29, 1.82) is 0 Å². The smallest absolute Gasteiger partial charge is 0.166 e. The molecule has 2 N–H and O–H groups in total. The minimum atomic E-state index is -0.621. The highest BCUT2D eigenvalue weighted by Gasteiger charge is 2.10. The van der Waals surface area contributed by atoms with Gasteiger partial charge in [-0.15, -0.1) is 0 Å². The first-order valence-electron chi connectivity index (χ1n) is 5.65. The van der Waals surface area contributed by atoms with Crippen molar-refractivity contribution in [3.63, 3.8) is 0 Å². The largest absolute Gasteiger partial charge is 0.453 e. The van der Waals surface area contributed by atoms with E-state index in [-0.39, 0.29) is 11.8 Å². The summed E-state index contributed by atoms with van der Waals surface area (Å²) in [5, 5.41) is 0. The van der Waals surface area contributed by atoms with Crippen molar-refractivity contribution in [2.45, 2.75) is 13.0 Å². The van der Waals surface area contributed by atoms with Gasteiger partial charge in [-0.05, 0) is 52.7 Å². The Morgan fingerprint density at radius 2 is 1.84 bits per heavy atom. The van der Waals surface area contributed by atoms with Gasteiger partial charge in [-0.1, -0.05) is 6.07 Å². The number of hydrogen-bond donors (Lipinski definition) is 1. The molecule has 0 aromatic heterocycles. The molecule has 0 aliphatic heterocycles. The third-order valence-corrected chi connectivity index (χ3v) is 3.21. The van der Waals surface area contributed by atoms with E-state index >= 15 is 0 Å². The summed E-state index contributed by atoms with van der Waals surface area (Å²) in [6, 6.07) is 8.18. The molecule has 1 atom stereocenters. The maximum Gasteiger partial charge on any atom is 0.166 e. The van der Waals surface area contributed by atoms with Crippen LogP contribution in [0, 0.1) is 11.6 Å². The first kappa shape index (κ1) is 14.0. The van der Waals surface area contributed by atoms with Crippen LogP contribution in [0.15, 0.2) is 40.9 Å². The molecule has 0 aliphatic carbocycles. The van der Waals surface area contributed by atoms with Gasteiger partial charge in [0.25, 0.3) is 0 Å². The third kappa shape index (κ3) is 3.30. The van der Waals surface area contributed by atoms with Crippen molar-refractivity contribution in [1.82, 2.24) is 0 Å². The van der Waals surface area contributed by atoms with Crippen LogP contribution in [0.1, 0.15) is 18.5 Å². The van der Waals surface area contributed by atoms with Gasteiger partial charge in [-0.2, -0.15) is 0 Å². The molecule has 0 saturated heterocycles. The maximum atomic E-state index is 13.5. The molecule has 0 heterocycles. The predicted octanol–water partition coefficient (Wildman–Crippen LogP) is 4.54. The molecule has 0 bridgehead atoms. The van der Waals surface area contributed by atoms with Gasteiger partial charge in [0.2, 0.25) is 0 Å². The van der Waals surface area contributed by atoms with Crippen molar-refractivity contribution in [2.75, 3.05) is 0 Å². The molecule has 100 valence electrons. The van der Waals surface area contributed by atoms with Crippen LogP contribution in [0.25, 0.3) is 0 Å². The number of ether oxygens (including phenoxy) is 1. The SMILES string of the molecule is C[C@H](N)c1ccc(Oc2cc(F)ccc2F)c(Br)c1. The molecular formula is C14H12BrF2NO. The molecule has 0 fully saturated rings. The summed E-state index contributed by atoms with van der Waals surface area (Å²) in [6.45, 7) is 1.86. The average Bonchev–Trinajstić information content (AvgIpc) is 2.36. The second-order valence-electron chi connectivity index (χ2n) is 4.16. The van der Waals surface area contributed by atoms with Crippen LogP contribution in [-0.2, 0) is 0 Å².